The van der Waals surface area contributed by atoms with Crippen molar-refractivity contribution in [2.45, 2.75) is 19.4 Å². The summed E-state index contributed by atoms with van der Waals surface area (Å²) in [6.45, 7) is 6.66. The van der Waals surface area contributed by atoms with Crippen LogP contribution < -0.4 is 5.73 Å². The van der Waals surface area contributed by atoms with E-state index >= 15 is 0 Å². The molecule has 3 N–H and O–H groups in total. The summed E-state index contributed by atoms with van der Waals surface area (Å²) in [4.78, 5) is 10.4. The summed E-state index contributed by atoms with van der Waals surface area (Å²) < 4.78 is 0. The average Bonchev–Trinajstić information content (AvgIpc) is 1.86. The number of carboxylic acid groups (broad SMARTS) is 1. The molecule has 0 fully saturated rings. The molecule has 0 unspecified atom stereocenters. The molecule has 0 rings (SSSR count). The lowest BCUT2D eigenvalue weighted by molar-refractivity contribution is -0.143. The maximum atomic E-state index is 10.4. The van der Waals surface area contributed by atoms with Crippen LogP contribution in [0, 0.1) is 5.92 Å². The molecule has 0 radical (unpaired) electrons. The number of hydrogen-bond acceptors (Lipinski definition) is 2. The van der Waals surface area contributed by atoms with Crippen molar-refractivity contribution in [3.05, 3.63) is 12.7 Å². The predicted octanol–water partition coefficient (Wildman–Crippen LogP) is 0.611. The van der Waals surface area contributed by atoms with Gasteiger partial charge in [-0.2, -0.15) is 0 Å². The number of rotatable bonds is 3. The second-order valence-corrected chi connectivity index (χ2v) is 2.61. The summed E-state index contributed by atoms with van der Waals surface area (Å²) in [6, 6.07) is 0. The van der Waals surface area contributed by atoms with Crippen molar-refractivity contribution in [1.82, 2.24) is 0 Å². The Balaban J connectivity index is 4.38. The smallest absolute Gasteiger partial charge is 0.323 e. The van der Waals surface area contributed by atoms with Gasteiger partial charge in [-0.05, 0) is 6.92 Å². The molecule has 3 heteroatoms. The predicted molar refractivity (Wildman–Crippen MR) is 39.6 cm³/mol. The molecule has 0 heterocycles. The van der Waals surface area contributed by atoms with E-state index in [4.69, 9.17) is 10.8 Å². The Hall–Kier alpha value is -0.830. The first-order valence-corrected chi connectivity index (χ1v) is 3.07. The summed E-state index contributed by atoms with van der Waals surface area (Å²) >= 11 is 0. The lowest BCUT2D eigenvalue weighted by Gasteiger charge is -2.23. The molecule has 2 atom stereocenters. The summed E-state index contributed by atoms with van der Waals surface area (Å²) in [6.07, 6.45) is 1.54. The molecule has 58 valence electrons. The Kier molecular flexibility index (Phi) is 2.60. The fraction of sp³-hybridized carbons (Fsp3) is 0.571. The SMILES string of the molecule is C=C[C@H](C)[C@](C)(N)C(=O)O. The van der Waals surface area contributed by atoms with E-state index in [-0.39, 0.29) is 5.92 Å². The molecule has 0 bridgehead atoms. The van der Waals surface area contributed by atoms with E-state index in [1.54, 1.807) is 6.92 Å². The molecule has 10 heavy (non-hydrogen) atoms. The van der Waals surface area contributed by atoms with Crippen LogP contribution in [0.4, 0.5) is 0 Å². The van der Waals surface area contributed by atoms with Gasteiger partial charge in [-0.3, -0.25) is 4.79 Å². The summed E-state index contributed by atoms with van der Waals surface area (Å²) in [5.41, 5.74) is 4.25. The highest BCUT2D eigenvalue weighted by atomic mass is 16.4. The summed E-state index contributed by atoms with van der Waals surface area (Å²) in [5, 5.41) is 8.57. The molecule has 0 aliphatic heterocycles. The Morgan fingerprint density at radius 2 is 2.30 bits per heavy atom. The number of nitrogens with two attached hydrogens (primary N) is 1. The quantitative estimate of drug-likeness (QED) is 0.569. The lowest BCUT2D eigenvalue weighted by atomic mass is 9.88. The Bertz CT molecular complexity index is 152. The summed E-state index contributed by atoms with van der Waals surface area (Å²) in [5.74, 6) is -1.22. The monoisotopic (exact) mass is 143 g/mol. The minimum atomic E-state index is -1.19. The molecule has 0 saturated carbocycles. The highest BCUT2D eigenvalue weighted by molar-refractivity contribution is 5.78. The highest BCUT2D eigenvalue weighted by Gasteiger charge is 2.32. The molecule has 0 aromatic heterocycles. The van der Waals surface area contributed by atoms with Crippen LogP contribution in [-0.4, -0.2) is 16.6 Å². The van der Waals surface area contributed by atoms with Crippen molar-refractivity contribution in [2.75, 3.05) is 0 Å². The second-order valence-electron chi connectivity index (χ2n) is 2.61. The molecule has 3 nitrogen and oxygen atoms in total. The minimum absolute atomic E-state index is 0.218. The first-order chi connectivity index (χ1) is 4.42. The molecule has 0 amide bonds. The van der Waals surface area contributed by atoms with Crippen molar-refractivity contribution >= 4 is 5.97 Å². The third-order valence-corrected chi connectivity index (χ3v) is 1.76. The fourth-order valence-corrected chi connectivity index (χ4v) is 0.440. The number of aliphatic carboxylic acids is 1. The number of carbonyl (C=O) groups is 1. The molecule has 0 aromatic carbocycles. The number of carboxylic acids is 1. The topological polar surface area (TPSA) is 63.3 Å². The van der Waals surface area contributed by atoms with Crippen LogP contribution in [0.15, 0.2) is 12.7 Å². The largest absolute Gasteiger partial charge is 0.480 e. The van der Waals surface area contributed by atoms with E-state index in [0.29, 0.717) is 0 Å². The van der Waals surface area contributed by atoms with Crippen molar-refractivity contribution in [3.63, 3.8) is 0 Å². The van der Waals surface area contributed by atoms with Gasteiger partial charge in [0.25, 0.3) is 0 Å². The Morgan fingerprint density at radius 3 is 2.40 bits per heavy atom. The van der Waals surface area contributed by atoms with Gasteiger partial charge in [0, 0.05) is 5.92 Å². The number of hydrogen-bond donors (Lipinski definition) is 2. The van der Waals surface area contributed by atoms with Crippen LogP contribution in [-0.2, 0) is 4.79 Å². The van der Waals surface area contributed by atoms with Gasteiger partial charge in [0.1, 0.15) is 5.54 Å². The van der Waals surface area contributed by atoms with Crippen LogP contribution in [0.1, 0.15) is 13.8 Å². The third-order valence-electron chi connectivity index (χ3n) is 1.76. The third kappa shape index (κ3) is 1.57. The van der Waals surface area contributed by atoms with Crippen molar-refractivity contribution in [2.24, 2.45) is 11.7 Å². The maximum absolute atomic E-state index is 10.4. The van der Waals surface area contributed by atoms with E-state index in [2.05, 4.69) is 6.58 Å². The molecular weight excluding hydrogens is 130 g/mol. The van der Waals surface area contributed by atoms with E-state index < -0.39 is 11.5 Å². The standard InChI is InChI=1S/C7H13NO2/c1-4-5(2)7(3,8)6(9)10/h4-5H,1,8H2,2-3H3,(H,9,10)/t5-,7-/m0/s1. The van der Waals surface area contributed by atoms with Gasteiger partial charge in [-0.1, -0.05) is 13.0 Å². The van der Waals surface area contributed by atoms with E-state index in [1.165, 1.54) is 13.0 Å². The van der Waals surface area contributed by atoms with Crippen molar-refractivity contribution in [3.8, 4) is 0 Å². The van der Waals surface area contributed by atoms with Gasteiger partial charge in [0.15, 0.2) is 0 Å². The Morgan fingerprint density at radius 1 is 1.90 bits per heavy atom. The zero-order valence-electron chi connectivity index (χ0n) is 6.29. The van der Waals surface area contributed by atoms with Crippen LogP contribution in [0.3, 0.4) is 0 Å². The van der Waals surface area contributed by atoms with E-state index in [9.17, 15) is 4.79 Å². The first kappa shape index (κ1) is 9.17. The van der Waals surface area contributed by atoms with E-state index in [0.717, 1.165) is 0 Å². The summed E-state index contributed by atoms with van der Waals surface area (Å²) in [7, 11) is 0. The minimum Gasteiger partial charge on any atom is -0.480 e. The molecule has 0 aliphatic carbocycles. The van der Waals surface area contributed by atoms with Gasteiger partial charge < -0.3 is 10.8 Å². The fourth-order valence-electron chi connectivity index (χ4n) is 0.440. The van der Waals surface area contributed by atoms with Crippen LogP contribution in [0.2, 0.25) is 0 Å². The van der Waals surface area contributed by atoms with Gasteiger partial charge in [0.2, 0.25) is 0 Å². The average molecular weight is 143 g/mol. The van der Waals surface area contributed by atoms with Crippen LogP contribution in [0.25, 0.3) is 0 Å². The molecule has 0 aromatic rings. The molecule has 0 spiro atoms. The van der Waals surface area contributed by atoms with Crippen LogP contribution in [0.5, 0.6) is 0 Å². The van der Waals surface area contributed by atoms with Crippen molar-refractivity contribution < 1.29 is 9.90 Å². The lowest BCUT2D eigenvalue weighted by Crippen LogP contribution is -2.49. The molecule has 0 aliphatic rings. The molecular formula is C7H13NO2. The van der Waals surface area contributed by atoms with Crippen LogP contribution >= 0.6 is 0 Å². The van der Waals surface area contributed by atoms with Gasteiger partial charge in [-0.15, -0.1) is 6.58 Å². The van der Waals surface area contributed by atoms with Gasteiger partial charge in [-0.25, -0.2) is 0 Å². The van der Waals surface area contributed by atoms with Gasteiger partial charge in [0.05, 0.1) is 0 Å². The highest BCUT2D eigenvalue weighted by Crippen LogP contribution is 2.14. The van der Waals surface area contributed by atoms with Gasteiger partial charge >= 0.3 is 5.97 Å². The van der Waals surface area contributed by atoms with E-state index in [1.807, 2.05) is 0 Å². The Labute approximate surface area is 60.5 Å². The second kappa shape index (κ2) is 2.84. The first-order valence-electron chi connectivity index (χ1n) is 3.07. The normalized spacial score (nSPS) is 19.1. The van der Waals surface area contributed by atoms with Crippen molar-refractivity contribution in [1.29, 1.82) is 0 Å². The maximum Gasteiger partial charge on any atom is 0.323 e. The zero-order valence-corrected chi connectivity index (χ0v) is 6.29. The zero-order chi connectivity index (χ0) is 8.36. The molecule has 0 saturated heterocycles.